The Labute approximate surface area is 203 Å². The van der Waals surface area contributed by atoms with E-state index in [-0.39, 0.29) is 30.8 Å². The van der Waals surface area contributed by atoms with Crippen molar-refractivity contribution in [3.05, 3.63) is 81.3 Å². The maximum atomic E-state index is 12.7. The van der Waals surface area contributed by atoms with Crippen molar-refractivity contribution in [3.8, 4) is 0 Å². The number of ether oxygens (including phenoxy) is 1. The topological polar surface area (TPSA) is 97.4 Å². The Kier molecular flexibility index (Phi) is 8.54. The summed E-state index contributed by atoms with van der Waals surface area (Å²) in [5.41, 5.74) is 3.77. The van der Waals surface area contributed by atoms with Gasteiger partial charge in [0, 0.05) is 16.6 Å². The molecule has 1 heterocycles. The molecule has 8 heteroatoms. The van der Waals surface area contributed by atoms with Crippen LogP contribution in [0.5, 0.6) is 0 Å². The summed E-state index contributed by atoms with van der Waals surface area (Å²) in [5.74, 6) is -1.17. The zero-order valence-corrected chi connectivity index (χ0v) is 20.6. The van der Waals surface area contributed by atoms with Crippen molar-refractivity contribution in [2.75, 3.05) is 5.32 Å². The van der Waals surface area contributed by atoms with Crippen LogP contribution in [0.25, 0.3) is 0 Å². The number of carbonyl (C=O) groups is 3. The molecule has 1 aromatic heterocycles. The van der Waals surface area contributed by atoms with Crippen LogP contribution >= 0.6 is 11.3 Å². The third-order valence-electron chi connectivity index (χ3n) is 5.18. The molecule has 1 atom stereocenters. The first-order valence-corrected chi connectivity index (χ1v) is 11.9. The number of carbonyl (C=O) groups excluding carboxylic acids is 3. The summed E-state index contributed by atoms with van der Waals surface area (Å²) < 4.78 is 5.43. The van der Waals surface area contributed by atoms with E-state index in [2.05, 4.69) is 15.6 Å². The van der Waals surface area contributed by atoms with Gasteiger partial charge in [0.15, 0.2) is 0 Å². The number of anilines is 1. The molecule has 2 aromatic carbocycles. The summed E-state index contributed by atoms with van der Waals surface area (Å²) in [6.07, 6.45) is 0.133. The van der Waals surface area contributed by atoms with Gasteiger partial charge in [-0.2, -0.15) is 0 Å². The van der Waals surface area contributed by atoms with Gasteiger partial charge in [0.2, 0.25) is 5.91 Å². The van der Waals surface area contributed by atoms with Gasteiger partial charge in [0.1, 0.15) is 17.7 Å². The quantitative estimate of drug-likeness (QED) is 0.442. The summed E-state index contributed by atoms with van der Waals surface area (Å²) in [4.78, 5) is 42.0. The highest BCUT2D eigenvalue weighted by Crippen LogP contribution is 2.16. The molecular formula is C26H29N3O4S. The summed E-state index contributed by atoms with van der Waals surface area (Å²) in [6, 6.07) is 14.0. The van der Waals surface area contributed by atoms with Crippen molar-refractivity contribution in [1.29, 1.82) is 0 Å². The van der Waals surface area contributed by atoms with Crippen molar-refractivity contribution in [1.82, 2.24) is 10.3 Å². The monoisotopic (exact) mass is 479 g/mol. The molecular weight excluding hydrogens is 450 g/mol. The second-order valence-electron chi connectivity index (χ2n) is 8.44. The standard InChI is InChI=1S/C26H29N3O4S/c1-16(2)24(29-25(31)19-10-7-8-17(3)12-19)26(32)33-14-20-15-34-23(27-20)13-22(30)28-21-11-6-5-9-18(21)4/h5-12,15-16,24H,13-14H2,1-4H3,(H,28,30)(H,29,31)/t24-/m0/s1. The Hall–Kier alpha value is -3.52. The third kappa shape index (κ3) is 6.99. The minimum absolute atomic E-state index is 0.0295. The largest absolute Gasteiger partial charge is 0.458 e. The van der Waals surface area contributed by atoms with E-state index in [4.69, 9.17) is 4.74 Å². The molecule has 3 aromatic rings. The van der Waals surface area contributed by atoms with Crippen molar-refractivity contribution < 1.29 is 19.1 Å². The third-order valence-corrected chi connectivity index (χ3v) is 6.08. The first kappa shape index (κ1) is 25.1. The lowest BCUT2D eigenvalue weighted by atomic mass is 10.0. The molecule has 0 radical (unpaired) electrons. The molecule has 0 saturated heterocycles. The van der Waals surface area contributed by atoms with Crippen LogP contribution in [0.4, 0.5) is 5.69 Å². The number of benzene rings is 2. The van der Waals surface area contributed by atoms with E-state index in [1.807, 2.05) is 58.0 Å². The average Bonchev–Trinajstić information content (AvgIpc) is 3.24. The molecule has 0 aliphatic carbocycles. The van der Waals surface area contributed by atoms with Crippen LogP contribution in [-0.4, -0.2) is 28.8 Å². The van der Waals surface area contributed by atoms with Crippen LogP contribution in [0.1, 0.15) is 46.0 Å². The van der Waals surface area contributed by atoms with Crippen LogP contribution in [0.3, 0.4) is 0 Å². The minimum Gasteiger partial charge on any atom is -0.458 e. The first-order valence-electron chi connectivity index (χ1n) is 11.1. The Balaban J connectivity index is 1.53. The molecule has 7 nitrogen and oxygen atoms in total. The van der Waals surface area contributed by atoms with E-state index < -0.39 is 12.0 Å². The molecule has 2 N–H and O–H groups in total. The maximum Gasteiger partial charge on any atom is 0.329 e. The van der Waals surface area contributed by atoms with E-state index in [9.17, 15) is 14.4 Å². The summed E-state index contributed by atoms with van der Waals surface area (Å²) in [6.45, 7) is 7.49. The van der Waals surface area contributed by atoms with Crippen LogP contribution in [0.15, 0.2) is 53.9 Å². The summed E-state index contributed by atoms with van der Waals surface area (Å²) in [5, 5.41) is 8.05. The number of para-hydroxylation sites is 1. The molecule has 0 aliphatic rings. The van der Waals surface area contributed by atoms with Crippen LogP contribution < -0.4 is 10.6 Å². The van der Waals surface area contributed by atoms with Crippen LogP contribution in [0.2, 0.25) is 0 Å². The second kappa shape index (κ2) is 11.6. The number of nitrogens with zero attached hydrogens (tertiary/aromatic N) is 1. The van der Waals surface area contributed by atoms with Crippen LogP contribution in [0, 0.1) is 19.8 Å². The number of rotatable bonds is 9. The number of amides is 2. The normalized spacial score (nSPS) is 11.7. The van der Waals surface area contributed by atoms with Gasteiger partial charge < -0.3 is 15.4 Å². The lowest BCUT2D eigenvalue weighted by molar-refractivity contribution is -0.148. The molecule has 34 heavy (non-hydrogen) atoms. The number of aromatic nitrogens is 1. The molecule has 0 fully saturated rings. The van der Waals surface area contributed by atoms with Gasteiger partial charge in [-0.15, -0.1) is 11.3 Å². The predicted molar refractivity (Wildman–Crippen MR) is 133 cm³/mol. The van der Waals surface area contributed by atoms with Gasteiger partial charge in [0.05, 0.1) is 12.1 Å². The van der Waals surface area contributed by atoms with E-state index >= 15 is 0 Å². The van der Waals surface area contributed by atoms with Crippen LogP contribution in [-0.2, 0) is 27.4 Å². The highest BCUT2D eigenvalue weighted by molar-refractivity contribution is 7.09. The van der Waals surface area contributed by atoms with Gasteiger partial charge in [0.25, 0.3) is 5.91 Å². The fourth-order valence-electron chi connectivity index (χ4n) is 3.28. The number of hydrogen-bond donors (Lipinski definition) is 2. The molecule has 0 bridgehead atoms. The van der Waals surface area contributed by atoms with E-state index in [0.717, 1.165) is 16.8 Å². The fraction of sp³-hybridized carbons (Fsp3) is 0.308. The average molecular weight is 480 g/mol. The van der Waals surface area contributed by atoms with Gasteiger partial charge in [-0.1, -0.05) is 49.7 Å². The predicted octanol–water partition coefficient (Wildman–Crippen LogP) is 4.44. The van der Waals surface area contributed by atoms with Gasteiger partial charge in [-0.05, 0) is 43.5 Å². The van der Waals surface area contributed by atoms with E-state index in [0.29, 0.717) is 16.3 Å². The van der Waals surface area contributed by atoms with E-state index in [1.165, 1.54) is 11.3 Å². The van der Waals surface area contributed by atoms with Crippen molar-refractivity contribution in [2.45, 2.75) is 46.8 Å². The zero-order valence-electron chi connectivity index (χ0n) is 19.8. The van der Waals surface area contributed by atoms with Gasteiger partial charge >= 0.3 is 5.97 Å². The Bertz CT molecular complexity index is 1170. The number of nitrogens with one attached hydrogen (secondary N) is 2. The molecule has 2 amide bonds. The molecule has 3 rings (SSSR count). The number of thiazole rings is 1. The first-order chi connectivity index (χ1) is 16.2. The lowest BCUT2D eigenvalue weighted by Crippen LogP contribution is -2.45. The number of esters is 1. The molecule has 178 valence electrons. The Morgan fingerprint density at radius 3 is 2.53 bits per heavy atom. The Morgan fingerprint density at radius 2 is 1.82 bits per heavy atom. The van der Waals surface area contributed by atoms with Gasteiger partial charge in [-0.25, -0.2) is 9.78 Å². The van der Waals surface area contributed by atoms with Crippen molar-refractivity contribution >= 4 is 34.8 Å². The smallest absolute Gasteiger partial charge is 0.329 e. The summed E-state index contributed by atoms with van der Waals surface area (Å²) >= 11 is 1.34. The highest BCUT2D eigenvalue weighted by atomic mass is 32.1. The summed E-state index contributed by atoms with van der Waals surface area (Å²) in [7, 11) is 0. The number of aryl methyl sites for hydroxylation is 2. The Morgan fingerprint density at radius 1 is 1.06 bits per heavy atom. The van der Waals surface area contributed by atoms with Gasteiger partial charge in [-0.3, -0.25) is 9.59 Å². The molecule has 0 unspecified atom stereocenters. The SMILES string of the molecule is Cc1cccc(C(=O)N[C@H](C(=O)OCc2csc(CC(=O)Nc3ccccc3C)n2)C(C)C)c1. The fourth-order valence-corrected chi connectivity index (χ4v) is 4.06. The molecule has 0 aliphatic heterocycles. The number of hydrogen-bond acceptors (Lipinski definition) is 6. The molecule has 0 saturated carbocycles. The van der Waals surface area contributed by atoms with Crippen molar-refractivity contribution in [2.24, 2.45) is 5.92 Å². The van der Waals surface area contributed by atoms with E-state index in [1.54, 1.807) is 23.6 Å². The molecule has 0 spiro atoms. The highest BCUT2D eigenvalue weighted by Gasteiger charge is 2.26. The van der Waals surface area contributed by atoms with Crippen molar-refractivity contribution in [3.63, 3.8) is 0 Å². The maximum absolute atomic E-state index is 12.7. The lowest BCUT2D eigenvalue weighted by Gasteiger charge is -2.20. The second-order valence-corrected chi connectivity index (χ2v) is 9.39. The minimum atomic E-state index is -0.786. The zero-order chi connectivity index (χ0) is 24.7.